The van der Waals surface area contributed by atoms with E-state index >= 15 is 0 Å². The zero-order valence-corrected chi connectivity index (χ0v) is 20.7. The van der Waals surface area contributed by atoms with Crippen molar-refractivity contribution in [3.8, 4) is 0 Å². The molecule has 1 N–H and O–H groups in total. The molecule has 0 radical (unpaired) electrons. The number of aliphatic hydroxyl groups is 1. The van der Waals surface area contributed by atoms with Crippen LogP contribution in [0.5, 0.6) is 0 Å². The largest absolute Gasteiger partial charge is 0.378 e. The number of anilines is 1. The molecule has 8 heteroatoms. The summed E-state index contributed by atoms with van der Waals surface area (Å²) < 4.78 is 0.886. The Morgan fingerprint density at radius 2 is 1.59 bits per heavy atom. The van der Waals surface area contributed by atoms with Crippen LogP contribution in [-0.2, 0) is 4.79 Å². The van der Waals surface area contributed by atoms with E-state index in [-0.39, 0.29) is 11.9 Å². The highest BCUT2D eigenvalue weighted by atomic mass is 79.9. The van der Waals surface area contributed by atoms with Crippen molar-refractivity contribution in [1.29, 1.82) is 0 Å². The molecule has 0 aromatic heterocycles. The third kappa shape index (κ3) is 5.08. The Hall–Kier alpha value is -1.76. The summed E-state index contributed by atoms with van der Waals surface area (Å²) in [5, 5.41) is 12.5. The number of amides is 1. The molecule has 0 spiro atoms. The molecule has 0 saturated carbocycles. The topological polar surface area (TPSA) is 43.8 Å². The van der Waals surface area contributed by atoms with Gasteiger partial charge in [-0.15, -0.1) is 0 Å². The third-order valence-corrected chi connectivity index (χ3v) is 6.90. The van der Waals surface area contributed by atoms with Crippen LogP contribution in [0.2, 0.25) is 15.1 Å². The fourth-order valence-corrected chi connectivity index (χ4v) is 4.82. The van der Waals surface area contributed by atoms with Gasteiger partial charge in [-0.2, -0.15) is 0 Å². The van der Waals surface area contributed by atoms with Gasteiger partial charge in [-0.25, -0.2) is 0 Å². The van der Waals surface area contributed by atoms with Crippen LogP contribution < -0.4 is 4.90 Å². The zero-order chi connectivity index (χ0) is 22.8. The van der Waals surface area contributed by atoms with Crippen LogP contribution >= 0.6 is 50.7 Å². The van der Waals surface area contributed by atoms with Gasteiger partial charge >= 0.3 is 0 Å². The zero-order valence-electron chi connectivity index (χ0n) is 16.9. The van der Waals surface area contributed by atoms with E-state index in [0.717, 1.165) is 15.7 Å². The van der Waals surface area contributed by atoms with Crippen molar-refractivity contribution in [2.45, 2.75) is 12.1 Å². The first-order valence-corrected chi connectivity index (χ1v) is 12.0. The average molecular weight is 555 g/mol. The molecule has 166 valence electrons. The first-order chi connectivity index (χ1) is 15.3. The number of carbonyl (C=O) groups excluding carboxylic acids is 1. The average Bonchev–Trinajstić information content (AvgIpc) is 2.79. The maximum absolute atomic E-state index is 13.2. The normalized spacial score (nSPS) is 17.3. The number of nitrogens with zero attached hydrogens (tertiary/aromatic N) is 2. The van der Waals surface area contributed by atoms with Crippen molar-refractivity contribution < 1.29 is 9.90 Å². The quantitative estimate of drug-likeness (QED) is 0.399. The lowest BCUT2D eigenvalue weighted by molar-refractivity contribution is -0.141. The molecule has 0 aliphatic carbocycles. The van der Waals surface area contributed by atoms with E-state index in [4.69, 9.17) is 34.8 Å². The van der Waals surface area contributed by atoms with Crippen LogP contribution in [0.25, 0.3) is 0 Å². The van der Waals surface area contributed by atoms with Crippen molar-refractivity contribution in [2.75, 3.05) is 24.5 Å². The molecule has 1 heterocycles. The lowest BCUT2D eigenvalue weighted by atomic mass is 10.00. The molecule has 1 aliphatic rings. The van der Waals surface area contributed by atoms with Crippen molar-refractivity contribution in [3.05, 3.63) is 97.4 Å². The monoisotopic (exact) mass is 552 g/mol. The van der Waals surface area contributed by atoms with E-state index < -0.39 is 6.10 Å². The van der Waals surface area contributed by atoms with Gasteiger partial charge in [0, 0.05) is 34.2 Å². The number of aliphatic hydroxyl groups excluding tert-OH is 1. The highest BCUT2D eigenvalue weighted by Gasteiger charge is 2.34. The fourth-order valence-electron chi connectivity index (χ4n) is 3.92. The van der Waals surface area contributed by atoms with Gasteiger partial charge in [-0.3, -0.25) is 4.79 Å². The van der Waals surface area contributed by atoms with E-state index in [2.05, 4.69) is 20.8 Å². The second-order valence-electron chi connectivity index (χ2n) is 7.59. The predicted molar refractivity (Wildman–Crippen MR) is 134 cm³/mol. The van der Waals surface area contributed by atoms with Crippen molar-refractivity contribution in [2.24, 2.45) is 0 Å². The van der Waals surface area contributed by atoms with E-state index in [1.165, 1.54) is 0 Å². The Labute approximate surface area is 210 Å². The summed E-state index contributed by atoms with van der Waals surface area (Å²) in [4.78, 5) is 17.0. The molecule has 1 fully saturated rings. The number of benzene rings is 3. The van der Waals surface area contributed by atoms with E-state index in [1.54, 1.807) is 29.2 Å². The van der Waals surface area contributed by atoms with Crippen molar-refractivity contribution >= 4 is 62.3 Å². The summed E-state index contributed by atoms with van der Waals surface area (Å²) in [5.74, 6) is -0.326. The molecule has 1 aliphatic heterocycles. The molecular formula is C24H20BrCl3N2O2. The lowest BCUT2D eigenvalue weighted by Gasteiger charge is -2.44. The minimum absolute atomic E-state index is 0.166. The minimum Gasteiger partial charge on any atom is -0.378 e. The van der Waals surface area contributed by atoms with E-state index in [0.29, 0.717) is 40.3 Å². The molecule has 4 nitrogen and oxygen atoms in total. The molecular weight excluding hydrogens is 535 g/mol. The molecule has 3 aromatic carbocycles. The van der Waals surface area contributed by atoms with Gasteiger partial charge in [-0.1, -0.05) is 75.0 Å². The standard InChI is InChI=1S/C24H20BrCl3N2O2/c25-17-5-1-16(2-6-17)23(31)24(32)29-11-12-30(21-10-9-19(27)13-20(21)28)22(14-29)15-3-7-18(26)8-4-15/h1-10,13,22-23,31H,11-12,14H2/t22-,23?/m0/s1. The van der Waals surface area contributed by atoms with Crippen LogP contribution in [-0.4, -0.2) is 35.5 Å². The molecule has 4 rings (SSSR count). The highest BCUT2D eigenvalue weighted by Crippen LogP contribution is 2.37. The van der Waals surface area contributed by atoms with Crippen molar-refractivity contribution in [3.63, 3.8) is 0 Å². The number of carbonyl (C=O) groups is 1. The summed E-state index contributed by atoms with van der Waals surface area (Å²) in [6.07, 6.45) is -1.22. The molecule has 1 amide bonds. The predicted octanol–water partition coefficient (Wildman–Crippen LogP) is 6.53. The van der Waals surface area contributed by atoms with Crippen LogP contribution in [0.3, 0.4) is 0 Å². The summed E-state index contributed by atoms with van der Waals surface area (Å²) in [6.45, 7) is 1.40. The molecule has 0 bridgehead atoms. The van der Waals surface area contributed by atoms with Gasteiger partial charge in [0.25, 0.3) is 5.91 Å². The number of hydrogen-bond donors (Lipinski definition) is 1. The van der Waals surface area contributed by atoms with Gasteiger partial charge < -0.3 is 14.9 Å². The Morgan fingerprint density at radius 3 is 2.25 bits per heavy atom. The maximum atomic E-state index is 13.2. The Bertz CT molecular complexity index is 1110. The van der Waals surface area contributed by atoms with Gasteiger partial charge in [0.05, 0.1) is 16.8 Å². The molecule has 2 atom stereocenters. The highest BCUT2D eigenvalue weighted by molar-refractivity contribution is 9.10. The minimum atomic E-state index is -1.22. The summed E-state index contributed by atoms with van der Waals surface area (Å²) in [5.41, 5.74) is 2.40. The SMILES string of the molecule is O=C(C(O)c1ccc(Br)cc1)N1CCN(c2ccc(Cl)cc2Cl)[C@H](c2ccc(Cl)cc2)C1. The maximum Gasteiger partial charge on any atom is 0.256 e. The number of rotatable bonds is 4. The molecule has 1 saturated heterocycles. The number of piperazine rings is 1. The van der Waals surface area contributed by atoms with Crippen LogP contribution in [0.4, 0.5) is 5.69 Å². The van der Waals surface area contributed by atoms with E-state index in [1.807, 2.05) is 42.5 Å². The summed E-state index contributed by atoms with van der Waals surface area (Å²) >= 11 is 22.1. The fraction of sp³-hybridized carbons (Fsp3) is 0.208. The Kier molecular flexibility index (Phi) is 7.33. The molecule has 1 unspecified atom stereocenters. The van der Waals surface area contributed by atoms with Gasteiger partial charge in [0.1, 0.15) is 0 Å². The van der Waals surface area contributed by atoms with Crippen LogP contribution in [0, 0.1) is 0 Å². The number of halogens is 4. The summed E-state index contributed by atoms with van der Waals surface area (Å²) in [7, 11) is 0. The van der Waals surface area contributed by atoms with Crippen LogP contribution in [0.1, 0.15) is 23.3 Å². The van der Waals surface area contributed by atoms with E-state index in [9.17, 15) is 9.90 Å². The Balaban J connectivity index is 1.63. The van der Waals surface area contributed by atoms with Gasteiger partial charge in [-0.05, 0) is 53.6 Å². The molecule has 3 aromatic rings. The number of hydrogen-bond acceptors (Lipinski definition) is 3. The smallest absolute Gasteiger partial charge is 0.256 e. The van der Waals surface area contributed by atoms with Crippen LogP contribution in [0.15, 0.2) is 71.2 Å². The third-order valence-electron chi connectivity index (χ3n) is 5.59. The second kappa shape index (κ2) is 10.0. The second-order valence-corrected chi connectivity index (χ2v) is 9.79. The first kappa shape index (κ1) is 23.4. The lowest BCUT2D eigenvalue weighted by Crippen LogP contribution is -2.51. The van der Waals surface area contributed by atoms with Gasteiger partial charge in [0.2, 0.25) is 0 Å². The Morgan fingerprint density at radius 1 is 0.938 bits per heavy atom. The van der Waals surface area contributed by atoms with Crippen molar-refractivity contribution in [1.82, 2.24) is 4.90 Å². The molecule has 32 heavy (non-hydrogen) atoms. The van der Waals surface area contributed by atoms with Gasteiger partial charge in [0.15, 0.2) is 6.10 Å². The summed E-state index contributed by atoms with van der Waals surface area (Å²) in [6, 6.07) is 19.9. The first-order valence-electron chi connectivity index (χ1n) is 10.0.